The molecule has 5 nitrogen and oxygen atoms in total. The lowest BCUT2D eigenvalue weighted by molar-refractivity contribution is 0.0998. The monoisotopic (exact) mass is 204 g/mol. The van der Waals surface area contributed by atoms with Crippen molar-refractivity contribution in [2.75, 3.05) is 0 Å². The molecule has 2 heterocycles. The van der Waals surface area contributed by atoms with E-state index in [-0.39, 0.29) is 5.92 Å². The van der Waals surface area contributed by atoms with E-state index in [1.807, 2.05) is 13.8 Å². The van der Waals surface area contributed by atoms with Crippen molar-refractivity contribution in [3.63, 3.8) is 0 Å². The lowest BCUT2D eigenvalue weighted by Crippen LogP contribution is -2.16. The van der Waals surface area contributed by atoms with E-state index < -0.39 is 5.91 Å². The fourth-order valence-electron chi connectivity index (χ4n) is 1.66. The van der Waals surface area contributed by atoms with Crippen molar-refractivity contribution in [3.8, 4) is 0 Å². The Morgan fingerprint density at radius 2 is 2.27 bits per heavy atom. The van der Waals surface area contributed by atoms with Crippen molar-refractivity contribution < 1.29 is 4.79 Å². The SMILES string of the molecule is CC(C)c1c(C(N)=O)cnn2ccnc12. The Hall–Kier alpha value is -1.91. The number of nitrogens with two attached hydrogens (primary N) is 1. The van der Waals surface area contributed by atoms with Gasteiger partial charge in [0.15, 0.2) is 5.65 Å². The average molecular weight is 204 g/mol. The van der Waals surface area contributed by atoms with Gasteiger partial charge in [-0.3, -0.25) is 4.79 Å². The maximum absolute atomic E-state index is 11.2. The van der Waals surface area contributed by atoms with Gasteiger partial charge in [0, 0.05) is 18.0 Å². The Balaban J connectivity index is 2.81. The molecule has 1 amide bonds. The highest BCUT2D eigenvalue weighted by atomic mass is 16.1. The molecule has 5 heteroatoms. The maximum atomic E-state index is 11.2. The number of fused-ring (bicyclic) bond motifs is 1. The highest BCUT2D eigenvalue weighted by Crippen LogP contribution is 2.22. The van der Waals surface area contributed by atoms with E-state index in [1.54, 1.807) is 16.9 Å². The second-order valence-electron chi connectivity index (χ2n) is 3.69. The van der Waals surface area contributed by atoms with E-state index in [9.17, 15) is 4.79 Å². The number of amides is 1. The van der Waals surface area contributed by atoms with Crippen LogP contribution in [0.1, 0.15) is 35.7 Å². The van der Waals surface area contributed by atoms with E-state index in [0.717, 1.165) is 5.56 Å². The summed E-state index contributed by atoms with van der Waals surface area (Å²) in [5.41, 5.74) is 7.29. The van der Waals surface area contributed by atoms with E-state index in [0.29, 0.717) is 11.2 Å². The molecule has 0 unspecified atom stereocenters. The molecule has 78 valence electrons. The number of hydrogen-bond donors (Lipinski definition) is 1. The van der Waals surface area contributed by atoms with E-state index in [1.165, 1.54) is 6.20 Å². The molecule has 0 bridgehead atoms. The molecule has 2 rings (SSSR count). The van der Waals surface area contributed by atoms with Gasteiger partial charge in [-0.1, -0.05) is 13.8 Å². The van der Waals surface area contributed by atoms with Crippen LogP contribution in [-0.4, -0.2) is 20.5 Å². The zero-order chi connectivity index (χ0) is 11.0. The molecule has 0 aromatic carbocycles. The Morgan fingerprint density at radius 1 is 1.53 bits per heavy atom. The Kier molecular flexibility index (Phi) is 2.15. The van der Waals surface area contributed by atoms with Gasteiger partial charge >= 0.3 is 0 Å². The van der Waals surface area contributed by atoms with Gasteiger partial charge < -0.3 is 5.73 Å². The molecule has 2 aromatic heterocycles. The highest BCUT2D eigenvalue weighted by Gasteiger charge is 2.16. The number of hydrogen-bond acceptors (Lipinski definition) is 3. The lowest BCUT2D eigenvalue weighted by atomic mass is 9.99. The summed E-state index contributed by atoms with van der Waals surface area (Å²) in [6.45, 7) is 3.99. The van der Waals surface area contributed by atoms with E-state index in [4.69, 9.17) is 5.73 Å². The predicted molar refractivity (Wildman–Crippen MR) is 55.6 cm³/mol. The molecule has 0 atom stereocenters. The standard InChI is InChI=1S/C10H12N4O/c1-6(2)8-7(9(11)15)5-13-14-4-3-12-10(8)14/h3-6H,1-2H3,(H2,11,15). The predicted octanol–water partition coefficient (Wildman–Crippen LogP) is 0.952. The molecule has 0 aliphatic rings. The minimum Gasteiger partial charge on any atom is -0.366 e. The first-order chi connectivity index (χ1) is 7.11. The van der Waals surface area contributed by atoms with Crippen LogP contribution in [0.3, 0.4) is 0 Å². The second kappa shape index (κ2) is 3.34. The van der Waals surface area contributed by atoms with Gasteiger partial charge in [-0.2, -0.15) is 5.10 Å². The van der Waals surface area contributed by atoms with Crippen molar-refractivity contribution in [1.29, 1.82) is 0 Å². The molecule has 0 spiro atoms. The second-order valence-corrected chi connectivity index (χ2v) is 3.69. The van der Waals surface area contributed by atoms with Gasteiger partial charge in [0.25, 0.3) is 5.91 Å². The van der Waals surface area contributed by atoms with Crippen LogP contribution in [0.25, 0.3) is 5.65 Å². The Bertz CT molecular complexity index is 515. The van der Waals surface area contributed by atoms with Crippen LogP contribution in [0, 0.1) is 0 Å². The molecular weight excluding hydrogens is 192 g/mol. The van der Waals surface area contributed by atoms with E-state index in [2.05, 4.69) is 10.1 Å². The van der Waals surface area contributed by atoms with E-state index >= 15 is 0 Å². The summed E-state index contributed by atoms with van der Waals surface area (Å²) in [5, 5.41) is 4.06. The highest BCUT2D eigenvalue weighted by molar-refractivity contribution is 5.95. The molecule has 0 aliphatic carbocycles. The lowest BCUT2D eigenvalue weighted by Gasteiger charge is -2.10. The molecule has 2 N–H and O–H groups in total. The summed E-state index contributed by atoms with van der Waals surface area (Å²) in [5.74, 6) is -0.280. The zero-order valence-corrected chi connectivity index (χ0v) is 8.64. The topological polar surface area (TPSA) is 73.3 Å². The molecular formula is C10H12N4O. The average Bonchev–Trinajstić information content (AvgIpc) is 2.62. The smallest absolute Gasteiger partial charge is 0.250 e. The van der Waals surface area contributed by atoms with Gasteiger partial charge in [-0.05, 0) is 5.92 Å². The zero-order valence-electron chi connectivity index (χ0n) is 8.64. The summed E-state index contributed by atoms with van der Waals surface area (Å²) in [6.07, 6.45) is 4.89. The van der Waals surface area contributed by atoms with Crippen LogP contribution in [-0.2, 0) is 0 Å². The van der Waals surface area contributed by atoms with Crippen LogP contribution in [0.5, 0.6) is 0 Å². The van der Waals surface area contributed by atoms with Crippen molar-refractivity contribution in [2.45, 2.75) is 19.8 Å². The number of primary amides is 1. The van der Waals surface area contributed by atoms with Crippen molar-refractivity contribution in [1.82, 2.24) is 14.6 Å². The quantitative estimate of drug-likeness (QED) is 0.791. The molecule has 0 saturated carbocycles. The number of aromatic nitrogens is 3. The molecule has 0 fully saturated rings. The molecule has 0 saturated heterocycles. The largest absolute Gasteiger partial charge is 0.366 e. The number of rotatable bonds is 2. The first-order valence-electron chi connectivity index (χ1n) is 4.73. The third kappa shape index (κ3) is 1.45. The summed E-state index contributed by atoms with van der Waals surface area (Å²) >= 11 is 0. The fraction of sp³-hybridized carbons (Fsp3) is 0.300. The molecule has 15 heavy (non-hydrogen) atoms. The minimum atomic E-state index is -0.461. The maximum Gasteiger partial charge on any atom is 0.250 e. The summed E-state index contributed by atoms with van der Waals surface area (Å²) < 4.78 is 1.64. The number of nitrogens with zero attached hydrogens (tertiary/aromatic N) is 3. The number of carbonyl (C=O) groups is 1. The summed E-state index contributed by atoms with van der Waals surface area (Å²) in [4.78, 5) is 15.4. The van der Waals surface area contributed by atoms with Gasteiger partial charge in [0.1, 0.15) is 0 Å². The number of imidazole rings is 1. The third-order valence-electron chi connectivity index (χ3n) is 2.31. The molecule has 0 aliphatic heterocycles. The summed E-state index contributed by atoms with van der Waals surface area (Å²) in [7, 11) is 0. The Labute approximate surface area is 86.9 Å². The fourth-order valence-corrected chi connectivity index (χ4v) is 1.66. The Morgan fingerprint density at radius 3 is 2.87 bits per heavy atom. The van der Waals surface area contributed by atoms with Crippen molar-refractivity contribution in [2.24, 2.45) is 5.73 Å². The van der Waals surface area contributed by atoms with Gasteiger partial charge in [-0.25, -0.2) is 9.50 Å². The molecule has 2 aromatic rings. The first kappa shape index (κ1) is 9.64. The minimum absolute atomic E-state index is 0.181. The van der Waals surface area contributed by atoms with Gasteiger partial charge in [-0.15, -0.1) is 0 Å². The van der Waals surface area contributed by atoms with Crippen LogP contribution < -0.4 is 5.73 Å². The van der Waals surface area contributed by atoms with Gasteiger partial charge in [0.05, 0.1) is 11.8 Å². The van der Waals surface area contributed by atoms with Crippen LogP contribution in [0.4, 0.5) is 0 Å². The first-order valence-corrected chi connectivity index (χ1v) is 4.73. The van der Waals surface area contributed by atoms with Crippen LogP contribution in [0.2, 0.25) is 0 Å². The van der Waals surface area contributed by atoms with Crippen LogP contribution in [0.15, 0.2) is 18.6 Å². The van der Waals surface area contributed by atoms with Crippen LogP contribution >= 0.6 is 0 Å². The summed E-state index contributed by atoms with van der Waals surface area (Å²) in [6, 6.07) is 0. The number of carbonyl (C=O) groups excluding carboxylic acids is 1. The third-order valence-corrected chi connectivity index (χ3v) is 2.31. The van der Waals surface area contributed by atoms with Crippen molar-refractivity contribution in [3.05, 3.63) is 29.7 Å². The normalized spacial score (nSPS) is 11.1. The molecule has 0 radical (unpaired) electrons. The van der Waals surface area contributed by atoms with Gasteiger partial charge in [0.2, 0.25) is 0 Å². The van der Waals surface area contributed by atoms with Crippen molar-refractivity contribution >= 4 is 11.6 Å².